The minimum Gasteiger partial charge on any atom is -0.496 e. The molecule has 0 amide bonds. The lowest BCUT2D eigenvalue weighted by Gasteiger charge is -2.15. The molecule has 0 aliphatic rings. The Morgan fingerprint density at radius 2 is 1.70 bits per heavy atom. The van der Waals surface area contributed by atoms with Crippen molar-refractivity contribution in [3.8, 4) is 28.0 Å². The molecule has 0 fully saturated rings. The largest absolute Gasteiger partial charge is 0.496 e. The van der Waals surface area contributed by atoms with Gasteiger partial charge >= 0.3 is 0 Å². The summed E-state index contributed by atoms with van der Waals surface area (Å²) in [4.78, 5) is 34.3. The molecular formula is C33H40N4O3. The number of rotatable bonds is 7. The first kappa shape index (κ1) is 28.9. The Bertz CT molecular complexity index is 1690. The monoisotopic (exact) mass is 540 g/mol. The second-order valence-electron chi connectivity index (χ2n) is 10.9. The van der Waals surface area contributed by atoms with E-state index in [1.54, 1.807) is 25.0 Å². The number of hydrogen-bond donors (Lipinski definition) is 1. The third-order valence-corrected chi connectivity index (χ3v) is 7.00. The standard InChI is InChI=1S/C29H30N4O3.C4H10/c1-5-9-18(6-2)28(34)33-25-13-12-19(14-23(25)29(35)32(33)3)20-15-22-24(17-31-27(22)30-16-20)21-10-7-8-11-26(21)36-4;1-4(2)3/h7-8,10-18H,5-6,9H2,1-4H3,(H,30,31);4H,1-3H3. The van der Waals surface area contributed by atoms with E-state index in [9.17, 15) is 9.59 Å². The average Bonchev–Trinajstić information content (AvgIpc) is 3.48. The Morgan fingerprint density at radius 1 is 1.00 bits per heavy atom. The summed E-state index contributed by atoms with van der Waals surface area (Å²) in [6.07, 6.45) is 6.21. The highest BCUT2D eigenvalue weighted by molar-refractivity contribution is 5.98. The summed E-state index contributed by atoms with van der Waals surface area (Å²) in [6.45, 7) is 10.6. The molecule has 40 heavy (non-hydrogen) atoms. The lowest BCUT2D eigenvalue weighted by atomic mass is 9.99. The number of fused-ring (bicyclic) bond motifs is 2. The van der Waals surface area contributed by atoms with Crippen LogP contribution in [0.5, 0.6) is 5.75 Å². The Labute approximate surface area is 235 Å². The number of aromatic amines is 1. The van der Waals surface area contributed by atoms with E-state index in [0.29, 0.717) is 10.9 Å². The smallest absolute Gasteiger partial charge is 0.274 e. The molecule has 3 heterocycles. The minimum atomic E-state index is -0.183. The number of nitrogens with zero attached hydrogens (tertiary/aromatic N) is 3. The van der Waals surface area contributed by atoms with Gasteiger partial charge in [-0.1, -0.05) is 65.3 Å². The van der Waals surface area contributed by atoms with E-state index in [4.69, 9.17) is 4.74 Å². The van der Waals surface area contributed by atoms with Crippen molar-refractivity contribution in [1.29, 1.82) is 0 Å². The molecule has 7 nitrogen and oxygen atoms in total. The molecule has 5 rings (SSSR count). The van der Waals surface area contributed by atoms with Gasteiger partial charge in [-0.05, 0) is 48.6 Å². The zero-order valence-electron chi connectivity index (χ0n) is 24.6. The molecular weight excluding hydrogens is 500 g/mol. The van der Waals surface area contributed by atoms with E-state index in [0.717, 1.165) is 64.2 Å². The van der Waals surface area contributed by atoms with Gasteiger partial charge in [0.1, 0.15) is 11.4 Å². The third-order valence-electron chi connectivity index (χ3n) is 7.00. The van der Waals surface area contributed by atoms with Crippen molar-refractivity contribution in [3.05, 3.63) is 71.3 Å². The van der Waals surface area contributed by atoms with Crippen molar-refractivity contribution in [2.45, 2.75) is 53.9 Å². The van der Waals surface area contributed by atoms with Crippen LogP contribution >= 0.6 is 0 Å². The van der Waals surface area contributed by atoms with Crippen molar-refractivity contribution in [2.75, 3.05) is 7.11 Å². The van der Waals surface area contributed by atoms with E-state index in [-0.39, 0.29) is 17.4 Å². The Kier molecular flexibility index (Phi) is 8.93. The zero-order chi connectivity index (χ0) is 29.0. The van der Waals surface area contributed by atoms with Crippen LogP contribution in [0.2, 0.25) is 0 Å². The average molecular weight is 541 g/mol. The normalized spacial score (nSPS) is 12.0. The van der Waals surface area contributed by atoms with E-state index in [2.05, 4.69) is 43.7 Å². The maximum Gasteiger partial charge on any atom is 0.274 e. The zero-order valence-corrected chi connectivity index (χ0v) is 24.6. The fraction of sp³-hybridized carbons (Fsp3) is 0.364. The number of ether oxygens (including phenoxy) is 1. The van der Waals surface area contributed by atoms with Crippen molar-refractivity contribution in [2.24, 2.45) is 18.9 Å². The fourth-order valence-corrected chi connectivity index (χ4v) is 5.04. The van der Waals surface area contributed by atoms with Gasteiger partial charge in [-0.2, -0.15) is 0 Å². The predicted molar refractivity (Wildman–Crippen MR) is 164 cm³/mol. The van der Waals surface area contributed by atoms with Gasteiger partial charge < -0.3 is 9.72 Å². The summed E-state index contributed by atoms with van der Waals surface area (Å²) in [5.41, 5.74) is 4.95. The number of pyridine rings is 1. The number of methoxy groups -OCH3 is 1. The summed E-state index contributed by atoms with van der Waals surface area (Å²) in [7, 11) is 3.32. The summed E-state index contributed by atoms with van der Waals surface area (Å²) >= 11 is 0. The van der Waals surface area contributed by atoms with E-state index in [1.165, 1.54) is 4.68 Å². The highest BCUT2D eigenvalue weighted by Gasteiger charge is 2.23. The molecule has 0 aliphatic carbocycles. The van der Waals surface area contributed by atoms with Crippen molar-refractivity contribution >= 4 is 27.8 Å². The van der Waals surface area contributed by atoms with Gasteiger partial charge in [0, 0.05) is 47.4 Å². The van der Waals surface area contributed by atoms with Crippen LogP contribution in [0.15, 0.2) is 65.7 Å². The number of aromatic nitrogens is 4. The Hall–Kier alpha value is -4.13. The van der Waals surface area contributed by atoms with Gasteiger partial charge in [0.05, 0.1) is 18.0 Å². The molecule has 0 bridgehead atoms. The van der Waals surface area contributed by atoms with Gasteiger partial charge in [-0.25, -0.2) is 14.3 Å². The van der Waals surface area contributed by atoms with Crippen molar-refractivity contribution in [1.82, 2.24) is 19.3 Å². The van der Waals surface area contributed by atoms with Crippen LogP contribution in [0.25, 0.3) is 44.2 Å². The van der Waals surface area contributed by atoms with E-state index >= 15 is 0 Å². The highest BCUT2D eigenvalue weighted by atomic mass is 16.5. The summed E-state index contributed by atoms with van der Waals surface area (Å²) in [5, 5.41) is 1.48. The maximum atomic E-state index is 13.3. The van der Waals surface area contributed by atoms with Crippen LogP contribution in [0.1, 0.15) is 58.7 Å². The van der Waals surface area contributed by atoms with Crippen LogP contribution in [0.4, 0.5) is 0 Å². The second kappa shape index (κ2) is 12.4. The molecule has 2 aromatic carbocycles. The van der Waals surface area contributed by atoms with Crippen molar-refractivity contribution in [3.63, 3.8) is 0 Å². The number of carbonyl (C=O) groups excluding carboxylic acids is 1. The molecule has 1 unspecified atom stereocenters. The molecule has 0 radical (unpaired) electrons. The van der Waals surface area contributed by atoms with Crippen LogP contribution in [0, 0.1) is 11.8 Å². The number of H-pyrrole nitrogens is 1. The number of benzene rings is 2. The molecule has 0 saturated carbocycles. The maximum absolute atomic E-state index is 13.3. The molecule has 1 N–H and O–H groups in total. The molecule has 1 atom stereocenters. The SMILES string of the molecule is CC(C)C.CCCC(CC)C(=O)n1c2ccc(-c3cnc4[nH]cc(-c5ccccc5OC)c4c3)cc2c(=O)n1C. The molecule has 5 aromatic rings. The number of hydrogen-bond acceptors (Lipinski definition) is 4. The van der Waals surface area contributed by atoms with Gasteiger partial charge in [0.25, 0.3) is 5.56 Å². The first-order valence-corrected chi connectivity index (χ1v) is 14.1. The first-order chi connectivity index (χ1) is 19.2. The molecule has 0 spiro atoms. The van der Waals surface area contributed by atoms with Gasteiger partial charge in [0.15, 0.2) is 0 Å². The van der Waals surface area contributed by atoms with Crippen LogP contribution in [-0.4, -0.2) is 32.3 Å². The first-order valence-electron chi connectivity index (χ1n) is 14.1. The number of carbonyl (C=O) groups is 1. The minimum absolute atomic E-state index is 0.0291. The number of para-hydroxylation sites is 1. The van der Waals surface area contributed by atoms with E-state index < -0.39 is 0 Å². The van der Waals surface area contributed by atoms with Crippen LogP contribution in [0.3, 0.4) is 0 Å². The van der Waals surface area contributed by atoms with Gasteiger partial charge in [-0.3, -0.25) is 9.59 Å². The Morgan fingerprint density at radius 3 is 2.38 bits per heavy atom. The van der Waals surface area contributed by atoms with E-state index in [1.807, 2.05) is 55.6 Å². The molecule has 7 heteroatoms. The molecule has 3 aromatic heterocycles. The lowest BCUT2D eigenvalue weighted by molar-refractivity contribution is 0.0796. The molecule has 0 aliphatic heterocycles. The summed E-state index contributed by atoms with van der Waals surface area (Å²) in [5.74, 6) is 1.48. The fourth-order valence-electron chi connectivity index (χ4n) is 5.04. The van der Waals surface area contributed by atoms with Gasteiger partial charge in [0.2, 0.25) is 5.91 Å². The quantitative estimate of drug-likeness (QED) is 0.229. The molecule has 0 saturated heterocycles. The van der Waals surface area contributed by atoms with Crippen LogP contribution in [-0.2, 0) is 7.05 Å². The highest BCUT2D eigenvalue weighted by Crippen LogP contribution is 2.36. The summed E-state index contributed by atoms with van der Waals surface area (Å²) in [6, 6.07) is 15.6. The summed E-state index contributed by atoms with van der Waals surface area (Å²) < 4.78 is 8.54. The second-order valence-corrected chi connectivity index (χ2v) is 10.9. The predicted octanol–water partition coefficient (Wildman–Crippen LogP) is 7.69. The lowest BCUT2D eigenvalue weighted by Crippen LogP contribution is -2.29. The topological polar surface area (TPSA) is 81.9 Å². The number of nitrogens with one attached hydrogen (secondary N) is 1. The Balaban J connectivity index is 0.000000867. The van der Waals surface area contributed by atoms with Gasteiger partial charge in [-0.15, -0.1) is 0 Å². The van der Waals surface area contributed by atoms with Crippen molar-refractivity contribution < 1.29 is 9.53 Å². The third kappa shape index (κ3) is 5.60. The van der Waals surface area contributed by atoms with Crippen LogP contribution < -0.4 is 10.3 Å². The molecule has 210 valence electrons.